The van der Waals surface area contributed by atoms with Gasteiger partial charge in [-0.3, -0.25) is 9.59 Å². The molecule has 4 aromatic rings. The van der Waals surface area contributed by atoms with Crippen LogP contribution in [0.2, 0.25) is 0 Å². The topological polar surface area (TPSA) is 74.3 Å². The molecule has 0 saturated carbocycles. The summed E-state index contributed by atoms with van der Waals surface area (Å²) in [6.45, 7) is 7.43. The molecular weight excluding hydrogens is 504 g/mol. The predicted octanol–water partition coefficient (Wildman–Crippen LogP) is 7.21. The van der Waals surface area contributed by atoms with Crippen molar-refractivity contribution in [2.24, 2.45) is 0 Å². The van der Waals surface area contributed by atoms with Gasteiger partial charge in [0.15, 0.2) is 0 Å². The lowest BCUT2D eigenvalue weighted by atomic mass is 9.88. The average molecular weight is 539 g/mol. The second kappa shape index (κ2) is 11.8. The number of piperidine rings is 1. The molecule has 1 fully saturated rings. The highest BCUT2D eigenvalue weighted by Crippen LogP contribution is 2.32. The molecule has 0 atom stereocenters. The Hall–Kier alpha value is -3.97. The molecule has 0 bridgehead atoms. The highest BCUT2D eigenvalue weighted by molar-refractivity contribution is 7.13. The van der Waals surface area contributed by atoms with E-state index in [0.717, 1.165) is 24.2 Å². The van der Waals surface area contributed by atoms with E-state index in [1.165, 1.54) is 16.0 Å². The summed E-state index contributed by atoms with van der Waals surface area (Å²) in [7, 11) is 0. The number of carbonyl (C=O) groups is 2. The van der Waals surface area contributed by atoms with Gasteiger partial charge in [-0.25, -0.2) is 4.98 Å². The number of hydrogen-bond donors (Lipinski definition) is 2. The minimum Gasteiger partial charge on any atom is -0.368 e. The summed E-state index contributed by atoms with van der Waals surface area (Å²) in [4.78, 5) is 33.8. The number of amides is 2. The fraction of sp³-hybridized carbons (Fsp3) is 0.281. The molecule has 3 heterocycles. The first-order chi connectivity index (χ1) is 18.9. The van der Waals surface area contributed by atoms with Gasteiger partial charge in [0.2, 0.25) is 0 Å². The molecule has 7 heteroatoms. The number of aryl methyl sites for hydroxylation is 1. The number of rotatable bonds is 7. The van der Waals surface area contributed by atoms with Crippen LogP contribution in [0, 0.1) is 6.92 Å². The standard InChI is InChI=1S/C32H34N4O2S/c1-21(2)34-30-13-12-27(20-33-30)31(37)35-28-19-26(7-6-22(28)3)32(38)36-16-14-24(15-17-36)23-8-10-25(11-9-23)29-5-4-18-39-29/h4-13,18-21,24H,14-17H2,1-3H3,(H,33,34)(H,35,37). The monoisotopic (exact) mass is 538 g/mol. The van der Waals surface area contributed by atoms with Gasteiger partial charge in [-0.1, -0.05) is 36.4 Å². The number of thiophene rings is 1. The molecule has 0 spiro atoms. The number of nitrogens with one attached hydrogen (secondary N) is 2. The Labute approximate surface area is 234 Å². The molecule has 6 nitrogen and oxygen atoms in total. The molecule has 2 amide bonds. The van der Waals surface area contributed by atoms with E-state index in [1.807, 2.05) is 37.8 Å². The molecule has 2 aromatic carbocycles. The smallest absolute Gasteiger partial charge is 0.257 e. The van der Waals surface area contributed by atoms with Gasteiger partial charge in [-0.2, -0.15) is 0 Å². The summed E-state index contributed by atoms with van der Waals surface area (Å²) in [5.74, 6) is 0.930. The van der Waals surface area contributed by atoms with Gasteiger partial charge in [0, 0.05) is 41.5 Å². The summed E-state index contributed by atoms with van der Waals surface area (Å²) in [5, 5.41) is 8.27. The first-order valence-electron chi connectivity index (χ1n) is 13.4. The number of aromatic nitrogens is 1. The second-order valence-corrected chi connectivity index (χ2v) is 11.3. The van der Waals surface area contributed by atoms with Crippen molar-refractivity contribution in [1.82, 2.24) is 9.88 Å². The van der Waals surface area contributed by atoms with Gasteiger partial charge in [0.05, 0.1) is 5.56 Å². The van der Waals surface area contributed by atoms with E-state index in [-0.39, 0.29) is 17.9 Å². The Morgan fingerprint density at radius 3 is 2.36 bits per heavy atom. The van der Waals surface area contributed by atoms with Crippen molar-refractivity contribution in [2.45, 2.75) is 45.6 Å². The number of benzene rings is 2. The lowest BCUT2D eigenvalue weighted by molar-refractivity contribution is 0.0712. The van der Waals surface area contributed by atoms with E-state index in [4.69, 9.17) is 0 Å². The molecule has 2 N–H and O–H groups in total. The van der Waals surface area contributed by atoms with E-state index in [0.29, 0.717) is 35.8 Å². The summed E-state index contributed by atoms with van der Waals surface area (Å²) < 4.78 is 0. The zero-order chi connectivity index (χ0) is 27.4. The van der Waals surface area contributed by atoms with Crippen LogP contribution in [0.25, 0.3) is 10.4 Å². The van der Waals surface area contributed by atoms with Crippen molar-refractivity contribution in [3.63, 3.8) is 0 Å². The van der Waals surface area contributed by atoms with E-state index in [2.05, 4.69) is 57.4 Å². The number of hydrogen-bond acceptors (Lipinski definition) is 5. The fourth-order valence-corrected chi connectivity index (χ4v) is 5.69. The molecule has 1 aliphatic rings. The SMILES string of the molecule is Cc1ccc(C(=O)N2CCC(c3ccc(-c4cccs4)cc3)CC2)cc1NC(=O)c1ccc(NC(C)C)nc1. The van der Waals surface area contributed by atoms with Crippen LogP contribution in [-0.2, 0) is 0 Å². The van der Waals surface area contributed by atoms with E-state index < -0.39 is 0 Å². The van der Waals surface area contributed by atoms with E-state index >= 15 is 0 Å². The molecule has 0 aliphatic carbocycles. The summed E-state index contributed by atoms with van der Waals surface area (Å²) in [5.41, 5.74) is 5.17. The van der Waals surface area contributed by atoms with Crippen molar-refractivity contribution >= 4 is 34.7 Å². The van der Waals surface area contributed by atoms with Gasteiger partial charge >= 0.3 is 0 Å². The first kappa shape index (κ1) is 26.6. The van der Waals surface area contributed by atoms with Crippen LogP contribution in [-0.4, -0.2) is 40.8 Å². The van der Waals surface area contributed by atoms with Crippen LogP contribution < -0.4 is 10.6 Å². The minimum absolute atomic E-state index is 0.00257. The normalized spacial score (nSPS) is 13.9. The molecular formula is C32H34N4O2S. The van der Waals surface area contributed by atoms with Crippen LogP contribution in [0.4, 0.5) is 11.5 Å². The van der Waals surface area contributed by atoms with Crippen molar-refractivity contribution in [1.29, 1.82) is 0 Å². The third-order valence-corrected chi connectivity index (χ3v) is 8.08. The highest BCUT2D eigenvalue weighted by atomic mass is 32.1. The van der Waals surface area contributed by atoms with Crippen molar-refractivity contribution in [3.05, 3.63) is 101 Å². The maximum Gasteiger partial charge on any atom is 0.257 e. The van der Waals surface area contributed by atoms with Crippen LogP contribution in [0.3, 0.4) is 0 Å². The fourth-order valence-electron chi connectivity index (χ4n) is 4.95. The molecule has 200 valence electrons. The third kappa shape index (κ3) is 6.37. The summed E-state index contributed by atoms with van der Waals surface area (Å²) in [6.07, 6.45) is 3.44. The third-order valence-electron chi connectivity index (χ3n) is 7.16. The highest BCUT2D eigenvalue weighted by Gasteiger charge is 2.25. The first-order valence-corrected chi connectivity index (χ1v) is 14.3. The van der Waals surface area contributed by atoms with Gasteiger partial charge in [0.25, 0.3) is 11.8 Å². The molecule has 2 aromatic heterocycles. The molecule has 0 unspecified atom stereocenters. The number of carbonyl (C=O) groups excluding carboxylic acids is 2. The zero-order valence-corrected chi connectivity index (χ0v) is 23.4. The molecule has 5 rings (SSSR count). The Balaban J connectivity index is 1.20. The molecule has 1 aliphatic heterocycles. The maximum atomic E-state index is 13.4. The Bertz CT molecular complexity index is 1420. The Morgan fingerprint density at radius 2 is 1.72 bits per heavy atom. The number of pyridine rings is 1. The number of anilines is 2. The van der Waals surface area contributed by atoms with Gasteiger partial charge in [-0.15, -0.1) is 11.3 Å². The second-order valence-electron chi connectivity index (χ2n) is 10.4. The average Bonchev–Trinajstić information content (AvgIpc) is 3.49. The Kier molecular flexibility index (Phi) is 8.07. The summed E-state index contributed by atoms with van der Waals surface area (Å²) >= 11 is 1.75. The summed E-state index contributed by atoms with van der Waals surface area (Å²) in [6, 6.07) is 22.4. The molecule has 1 saturated heterocycles. The quantitative estimate of drug-likeness (QED) is 0.261. The van der Waals surface area contributed by atoms with Crippen LogP contribution in [0.15, 0.2) is 78.3 Å². The van der Waals surface area contributed by atoms with Crippen molar-refractivity contribution in [2.75, 3.05) is 23.7 Å². The molecule has 39 heavy (non-hydrogen) atoms. The van der Waals surface area contributed by atoms with Crippen LogP contribution in [0.1, 0.15) is 64.4 Å². The van der Waals surface area contributed by atoms with E-state index in [9.17, 15) is 9.59 Å². The lowest BCUT2D eigenvalue weighted by Crippen LogP contribution is -2.38. The van der Waals surface area contributed by atoms with Gasteiger partial charge in [0.1, 0.15) is 5.82 Å². The van der Waals surface area contributed by atoms with E-state index in [1.54, 1.807) is 35.7 Å². The van der Waals surface area contributed by atoms with Crippen LogP contribution in [0.5, 0.6) is 0 Å². The largest absolute Gasteiger partial charge is 0.368 e. The maximum absolute atomic E-state index is 13.4. The number of nitrogens with zero attached hydrogens (tertiary/aromatic N) is 2. The van der Waals surface area contributed by atoms with Crippen molar-refractivity contribution in [3.8, 4) is 10.4 Å². The van der Waals surface area contributed by atoms with Gasteiger partial charge < -0.3 is 15.5 Å². The zero-order valence-electron chi connectivity index (χ0n) is 22.6. The van der Waals surface area contributed by atoms with Crippen molar-refractivity contribution < 1.29 is 9.59 Å². The predicted molar refractivity (Wildman–Crippen MR) is 160 cm³/mol. The molecule has 0 radical (unpaired) electrons. The van der Waals surface area contributed by atoms with Crippen LogP contribution >= 0.6 is 11.3 Å². The lowest BCUT2D eigenvalue weighted by Gasteiger charge is -2.32. The Morgan fingerprint density at radius 1 is 0.974 bits per heavy atom. The van der Waals surface area contributed by atoms with Gasteiger partial charge in [-0.05, 0) is 91.9 Å². The minimum atomic E-state index is -0.253. The number of likely N-dealkylation sites (tertiary alicyclic amines) is 1.